The van der Waals surface area contributed by atoms with Crippen molar-refractivity contribution in [2.75, 3.05) is 24.5 Å². The molecule has 1 aromatic heterocycles. The molecule has 24 heavy (non-hydrogen) atoms. The van der Waals surface area contributed by atoms with Crippen molar-refractivity contribution in [1.29, 1.82) is 0 Å². The van der Waals surface area contributed by atoms with Crippen molar-refractivity contribution in [3.05, 3.63) is 29.5 Å². The number of fused-ring (bicyclic) bond motifs is 1. The number of aromatic nitrogens is 2. The number of unbranched alkanes of at least 4 members (excludes halogenated alkanes) is 1. The molecule has 4 nitrogen and oxygen atoms in total. The average molecular weight is 326 g/mol. The first-order valence-electron chi connectivity index (χ1n) is 9.40. The lowest BCUT2D eigenvalue weighted by Gasteiger charge is -2.21. The van der Waals surface area contributed by atoms with Gasteiger partial charge in [0.2, 0.25) is 5.95 Å². The molecule has 0 spiro atoms. The Morgan fingerprint density at radius 2 is 2.04 bits per heavy atom. The molecule has 0 amide bonds. The van der Waals surface area contributed by atoms with Crippen LogP contribution in [0, 0.1) is 13.8 Å². The van der Waals surface area contributed by atoms with Gasteiger partial charge in [0, 0.05) is 24.5 Å². The first-order chi connectivity index (χ1) is 11.7. The highest BCUT2D eigenvalue weighted by molar-refractivity contribution is 5.82. The fourth-order valence-corrected chi connectivity index (χ4v) is 3.51. The van der Waals surface area contributed by atoms with Crippen LogP contribution in [0.4, 0.5) is 5.95 Å². The second kappa shape index (κ2) is 7.93. The summed E-state index contributed by atoms with van der Waals surface area (Å²) in [7, 11) is 0. The highest BCUT2D eigenvalue weighted by Crippen LogP contribution is 2.22. The summed E-state index contributed by atoms with van der Waals surface area (Å²) >= 11 is 0. The monoisotopic (exact) mass is 326 g/mol. The van der Waals surface area contributed by atoms with E-state index in [1.807, 2.05) is 0 Å². The maximum absolute atomic E-state index is 4.86. The van der Waals surface area contributed by atoms with Crippen LogP contribution in [-0.2, 0) is 0 Å². The number of anilines is 1. The fourth-order valence-electron chi connectivity index (χ4n) is 3.51. The highest BCUT2D eigenvalue weighted by Gasteiger charge is 2.19. The molecule has 1 saturated heterocycles. The zero-order valence-corrected chi connectivity index (χ0v) is 15.3. The van der Waals surface area contributed by atoms with E-state index in [1.54, 1.807) is 0 Å². The topological polar surface area (TPSA) is 41.0 Å². The van der Waals surface area contributed by atoms with Crippen LogP contribution in [0.15, 0.2) is 18.2 Å². The van der Waals surface area contributed by atoms with Gasteiger partial charge >= 0.3 is 0 Å². The van der Waals surface area contributed by atoms with E-state index < -0.39 is 0 Å². The van der Waals surface area contributed by atoms with Crippen LogP contribution in [0.25, 0.3) is 10.9 Å². The van der Waals surface area contributed by atoms with E-state index in [0.717, 1.165) is 36.8 Å². The molecule has 0 radical (unpaired) electrons. The number of nitrogens with zero attached hydrogens (tertiary/aromatic N) is 3. The Kier molecular flexibility index (Phi) is 5.67. The summed E-state index contributed by atoms with van der Waals surface area (Å²) in [4.78, 5) is 12.0. The number of aryl methyl sites for hydroxylation is 2. The van der Waals surface area contributed by atoms with Crippen LogP contribution >= 0.6 is 0 Å². The van der Waals surface area contributed by atoms with Crippen molar-refractivity contribution >= 4 is 16.9 Å². The fraction of sp³-hybridized carbons (Fsp3) is 0.600. The quantitative estimate of drug-likeness (QED) is 0.843. The van der Waals surface area contributed by atoms with Crippen LogP contribution in [-0.4, -0.2) is 35.6 Å². The summed E-state index contributed by atoms with van der Waals surface area (Å²) in [5.41, 5.74) is 3.40. The number of hydrogen-bond acceptors (Lipinski definition) is 4. The molecule has 1 aliphatic heterocycles. The van der Waals surface area contributed by atoms with Gasteiger partial charge in [0.05, 0.1) is 11.2 Å². The molecule has 1 unspecified atom stereocenters. The number of rotatable bonds is 5. The molecule has 1 fully saturated rings. The predicted molar refractivity (Wildman–Crippen MR) is 102 cm³/mol. The van der Waals surface area contributed by atoms with Crippen LogP contribution in [0.5, 0.6) is 0 Å². The molecule has 130 valence electrons. The molecular formula is C20H30N4. The molecule has 0 bridgehead atoms. The Morgan fingerprint density at radius 1 is 1.17 bits per heavy atom. The van der Waals surface area contributed by atoms with Crippen LogP contribution in [0.2, 0.25) is 0 Å². The van der Waals surface area contributed by atoms with E-state index in [9.17, 15) is 0 Å². The van der Waals surface area contributed by atoms with Gasteiger partial charge < -0.3 is 10.2 Å². The first-order valence-corrected chi connectivity index (χ1v) is 9.40. The third-order valence-corrected chi connectivity index (χ3v) is 5.01. The van der Waals surface area contributed by atoms with E-state index in [4.69, 9.17) is 9.97 Å². The van der Waals surface area contributed by atoms with Gasteiger partial charge in [-0.1, -0.05) is 25.5 Å². The van der Waals surface area contributed by atoms with E-state index in [-0.39, 0.29) is 0 Å². The van der Waals surface area contributed by atoms with Crippen molar-refractivity contribution in [2.45, 2.75) is 58.9 Å². The Balaban J connectivity index is 1.73. The van der Waals surface area contributed by atoms with Crippen molar-refractivity contribution in [1.82, 2.24) is 15.3 Å². The van der Waals surface area contributed by atoms with E-state index in [2.05, 4.69) is 49.2 Å². The SMILES string of the molecule is CCCCNC1CCCN(c2nc(C)c3ccc(C)cc3n2)CC1. The summed E-state index contributed by atoms with van der Waals surface area (Å²) < 4.78 is 0. The molecule has 3 rings (SSSR count). The normalized spacial score (nSPS) is 18.8. The minimum atomic E-state index is 0.644. The van der Waals surface area contributed by atoms with Gasteiger partial charge in [-0.05, 0) is 57.7 Å². The summed E-state index contributed by atoms with van der Waals surface area (Å²) in [5.74, 6) is 0.903. The Hall–Kier alpha value is -1.68. The molecule has 2 aromatic rings. The molecule has 1 aromatic carbocycles. The summed E-state index contributed by atoms with van der Waals surface area (Å²) in [6.45, 7) is 9.71. The van der Waals surface area contributed by atoms with Crippen LogP contribution < -0.4 is 10.2 Å². The minimum Gasteiger partial charge on any atom is -0.341 e. The van der Waals surface area contributed by atoms with Crippen LogP contribution in [0.1, 0.15) is 50.3 Å². The Bertz CT molecular complexity index is 683. The lowest BCUT2D eigenvalue weighted by atomic mass is 10.1. The molecule has 1 atom stereocenters. The van der Waals surface area contributed by atoms with Crippen molar-refractivity contribution in [3.63, 3.8) is 0 Å². The predicted octanol–water partition coefficient (Wildman–Crippen LogP) is 4.00. The Labute approximate surface area is 145 Å². The van der Waals surface area contributed by atoms with Crippen LogP contribution in [0.3, 0.4) is 0 Å². The van der Waals surface area contributed by atoms with Crippen molar-refractivity contribution in [2.24, 2.45) is 0 Å². The number of benzene rings is 1. The smallest absolute Gasteiger partial charge is 0.226 e. The van der Waals surface area contributed by atoms with E-state index in [1.165, 1.54) is 43.1 Å². The third kappa shape index (κ3) is 4.04. The molecule has 0 aliphatic carbocycles. The number of nitrogens with one attached hydrogen (secondary N) is 1. The molecule has 1 aliphatic rings. The minimum absolute atomic E-state index is 0.644. The molecular weight excluding hydrogens is 296 g/mol. The van der Waals surface area contributed by atoms with E-state index in [0.29, 0.717) is 6.04 Å². The van der Waals surface area contributed by atoms with E-state index >= 15 is 0 Å². The lowest BCUT2D eigenvalue weighted by Crippen LogP contribution is -2.32. The highest BCUT2D eigenvalue weighted by atomic mass is 15.3. The van der Waals surface area contributed by atoms with Crippen molar-refractivity contribution < 1.29 is 0 Å². The number of hydrogen-bond donors (Lipinski definition) is 1. The first kappa shape index (κ1) is 17.2. The van der Waals surface area contributed by atoms with Crippen molar-refractivity contribution in [3.8, 4) is 0 Å². The van der Waals surface area contributed by atoms with Gasteiger partial charge in [-0.15, -0.1) is 0 Å². The average Bonchev–Trinajstić information content (AvgIpc) is 2.80. The van der Waals surface area contributed by atoms with Gasteiger partial charge in [0.15, 0.2) is 0 Å². The van der Waals surface area contributed by atoms with Gasteiger partial charge in [-0.2, -0.15) is 0 Å². The van der Waals surface area contributed by atoms with Gasteiger partial charge in [-0.3, -0.25) is 0 Å². The maximum atomic E-state index is 4.86. The maximum Gasteiger partial charge on any atom is 0.226 e. The zero-order chi connectivity index (χ0) is 16.9. The van der Waals surface area contributed by atoms with Gasteiger partial charge in [0.1, 0.15) is 0 Å². The summed E-state index contributed by atoms with van der Waals surface area (Å²) in [6, 6.07) is 7.09. The van der Waals surface area contributed by atoms with Gasteiger partial charge in [-0.25, -0.2) is 9.97 Å². The third-order valence-electron chi connectivity index (χ3n) is 5.01. The molecule has 4 heteroatoms. The summed E-state index contributed by atoms with van der Waals surface area (Å²) in [6.07, 6.45) is 6.17. The molecule has 0 saturated carbocycles. The molecule has 1 N–H and O–H groups in total. The Morgan fingerprint density at radius 3 is 2.88 bits per heavy atom. The second-order valence-corrected chi connectivity index (χ2v) is 7.05. The standard InChI is InChI=1S/C20H30N4/c1-4-5-11-21-17-7-6-12-24(13-10-17)20-22-16(3)18-9-8-15(2)14-19(18)23-20/h8-9,14,17,21H,4-7,10-13H2,1-3H3. The molecule has 2 heterocycles. The van der Waals surface area contributed by atoms with Gasteiger partial charge in [0.25, 0.3) is 0 Å². The zero-order valence-electron chi connectivity index (χ0n) is 15.3. The second-order valence-electron chi connectivity index (χ2n) is 7.05. The lowest BCUT2D eigenvalue weighted by molar-refractivity contribution is 0.464. The summed E-state index contributed by atoms with van der Waals surface area (Å²) in [5, 5.41) is 4.88. The largest absolute Gasteiger partial charge is 0.341 e.